The molecule has 0 aliphatic carbocycles. The van der Waals surface area contributed by atoms with Gasteiger partial charge in [0.2, 0.25) is 5.89 Å². The third-order valence-electron chi connectivity index (χ3n) is 0.826. The minimum Gasteiger partial charge on any atom is -0.339 e. The van der Waals surface area contributed by atoms with Crippen LogP contribution in [0.3, 0.4) is 0 Å². The lowest BCUT2D eigenvalue weighted by Crippen LogP contribution is -1.80. The summed E-state index contributed by atoms with van der Waals surface area (Å²) in [5.41, 5.74) is 0. The predicted molar refractivity (Wildman–Crippen MR) is 28.1 cm³/mol. The maximum absolute atomic E-state index is 4.58. The quantitative estimate of drug-likeness (QED) is 0.538. The normalized spacial score (nSPS) is 9.75. The molecule has 43 valence electrons. The molecule has 0 amide bonds. The number of hydrogen-bond acceptors (Lipinski definition) is 3. The largest absolute Gasteiger partial charge is 0.339 e. The molecule has 0 aliphatic rings. The highest BCUT2D eigenvalue weighted by atomic mass is 16.5. The minimum absolute atomic E-state index is 0.391. The van der Waals surface area contributed by atoms with E-state index in [2.05, 4.69) is 21.6 Å². The monoisotopic (exact) mass is 111 g/mol. The molecule has 0 unspecified atom stereocenters. The van der Waals surface area contributed by atoms with Gasteiger partial charge in [-0.3, -0.25) is 0 Å². The van der Waals surface area contributed by atoms with E-state index in [1.807, 2.05) is 6.92 Å². The second kappa shape index (κ2) is 1.94. The Morgan fingerprint density at radius 1 is 1.75 bits per heavy atom. The summed E-state index contributed by atoms with van der Waals surface area (Å²) in [6.45, 7) is 5.41. The van der Waals surface area contributed by atoms with E-state index in [4.69, 9.17) is 0 Å². The van der Waals surface area contributed by atoms with Crippen LogP contribution >= 0.6 is 0 Å². The van der Waals surface area contributed by atoms with Crippen molar-refractivity contribution in [3.63, 3.8) is 0 Å². The predicted octanol–water partition coefficient (Wildman–Crippen LogP) is 0.814. The molecule has 0 fully saturated rings. The molecule has 3 heteroatoms. The van der Waals surface area contributed by atoms with Crippen molar-refractivity contribution in [2.75, 3.05) is 0 Å². The van der Waals surface area contributed by atoms with Gasteiger partial charge in [0, 0.05) is 13.3 Å². The smallest absolute Gasteiger partial charge is 0.227 e. The van der Waals surface area contributed by atoms with E-state index in [0.29, 0.717) is 5.89 Å². The molecule has 3 nitrogen and oxygen atoms in total. The third-order valence-corrected chi connectivity index (χ3v) is 0.826. The molecule has 0 bridgehead atoms. The summed E-state index contributed by atoms with van der Waals surface area (Å²) in [6.07, 6.45) is 0.805. The summed E-state index contributed by atoms with van der Waals surface area (Å²) in [7, 11) is 0. The fourth-order valence-corrected chi connectivity index (χ4v) is 0.434. The van der Waals surface area contributed by atoms with Gasteiger partial charge in [-0.2, -0.15) is 4.98 Å². The van der Waals surface area contributed by atoms with Gasteiger partial charge in [0.25, 0.3) is 0 Å². The van der Waals surface area contributed by atoms with Gasteiger partial charge in [0.05, 0.1) is 0 Å². The molecule has 0 aromatic carbocycles. The molecule has 0 aliphatic heterocycles. The number of aromatic nitrogens is 2. The standard InChI is InChI=1S/C5H7N2O/c1-3-5-6-4(2)8-7-5/h2-3H2,1H3. The molecule has 1 aromatic rings. The molecule has 0 saturated heterocycles. The first-order chi connectivity index (χ1) is 3.83. The Bertz CT molecular complexity index is 171. The van der Waals surface area contributed by atoms with Gasteiger partial charge in [-0.25, -0.2) is 0 Å². The highest BCUT2D eigenvalue weighted by Gasteiger charge is 1.95. The van der Waals surface area contributed by atoms with Crippen LogP contribution in [-0.2, 0) is 6.42 Å². The van der Waals surface area contributed by atoms with Gasteiger partial charge in [-0.05, 0) is 0 Å². The molecule has 1 aromatic heterocycles. The molecular formula is C5H7N2O. The van der Waals surface area contributed by atoms with E-state index in [-0.39, 0.29) is 0 Å². The Morgan fingerprint density at radius 3 is 2.75 bits per heavy atom. The number of aryl methyl sites for hydroxylation is 1. The van der Waals surface area contributed by atoms with Crippen LogP contribution in [0.2, 0.25) is 0 Å². The Hall–Kier alpha value is -0.860. The van der Waals surface area contributed by atoms with Gasteiger partial charge in [-0.1, -0.05) is 12.1 Å². The molecule has 0 atom stereocenters. The zero-order valence-corrected chi connectivity index (χ0v) is 4.72. The molecule has 0 saturated carbocycles. The first-order valence-electron chi connectivity index (χ1n) is 2.47. The molecular weight excluding hydrogens is 104 g/mol. The summed E-state index contributed by atoms with van der Waals surface area (Å²) in [6, 6.07) is 0. The molecule has 0 spiro atoms. The van der Waals surface area contributed by atoms with Crippen molar-refractivity contribution >= 4 is 0 Å². The number of hydrogen-bond donors (Lipinski definition) is 0. The summed E-state index contributed by atoms with van der Waals surface area (Å²) >= 11 is 0. The zero-order chi connectivity index (χ0) is 5.98. The zero-order valence-electron chi connectivity index (χ0n) is 4.72. The van der Waals surface area contributed by atoms with Crippen LogP contribution in [0.15, 0.2) is 4.52 Å². The van der Waals surface area contributed by atoms with Crippen LogP contribution in [-0.4, -0.2) is 10.1 Å². The van der Waals surface area contributed by atoms with Gasteiger partial charge in [0.1, 0.15) is 0 Å². The molecule has 8 heavy (non-hydrogen) atoms. The summed E-state index contributed by atoms with van der Waals surface area (Å²) < 4.78 is 4.58. The Morgan fingerprint density at radius 2 is 2.50 bits per heavy atom. The Labute approximate surface area is 47.7 Å². The van der Waals surface area contributed by atoms with E-state index in [9.17, 15) is 0 Å². The van der Waals surface area contributed by atoms with Crippen LogP contribution in [0.4, 0.5) is 0 Å². The van der Waals surface area contributed by atoms with Gasteiger partial charge in [-0.15, -0.1) is 0 Å². The first-order valence-corrected chi connectivity index (χ1v) is 2.47. The lowest BCUT2D eigenvalue weighted by Gasteiger charge is -1.73. The van der Waals surface area contributed by atoms with E-state index >= 15 is 0 Å². The number of rotatable bonds is 1. The van der Waals surface area contributed by atoms with Crippen molar-refractivity contribution in [2.24, 2.45) is 0 Å². The van der Waals surface area contributed by atoms with Gasteiger partial charge < -0.3 is 4.52 Å². The Balaban J connectivity index is 2.84. The first kappa shape index (κ1) is 5.28. The average Bonchev–Trinajstić information content (AvgIpc) is 2.14. The van der Waals surface area contributed by atoms with E-state index in [1.165, 1.54) is 0 Å². The van der Waals surface area contributed by atoms with E-state index in [1.54, 1.807) is 0 Å². The average molecular weight is 111 g/mol. The highest BCUT2D eigenvalue weighted by molar-refractivity contribution is 4.87. The van der Waals surface area contributed by atoms with Crippen LogP contribution in [0.1, 0.15) is 18.6 Å². The lowest BCUT2D eigenvalue weighted by atomic mass is 10.5. The van der Waals surface area contributed by atoms with Crippen molar-refractivity contribution in [2.45, 2.75) is 13.3 Å². The lowest BCUT2D eigenvalue weighted by molar-refractivity contribution is 0.398. The summed E-state index contributed by atoms with van der Waals surface area (Å²) in [4.78, 5) is 3.84. The van der Waals surface area contributed by atoms with Crippen LogP contribution in [0, 0.1) is 6.92 Å². The topological polar surface area (TPSA) is 38.9 Å². The maximum Gasteiger partial charge on any atom is 0.227 e. The minimum atomic E-state index is 0.391. The molecule has 0 N–H and O–H groups in total. The third kappa shape index (κ3) is 0.857. The van der Waals surface area contributed by atoms with Crippen molar-refractivity contribution in [1.82, 2.24) is 10.1 Å². The second-order valence-electron chi connectivity index (χ2n) is 1.46. The van der Waals surface area contributed by atoms with E-state index in [0.717, 1.165) is 12.2 Å². The summed E-state index contributed by atoms with van der Waals surface area (Å²) in [5, 5.41) is 3.59. The van der Waals surface area contributed by atoms with Gasteiger partial charge in [0.15, 0.2) is 5.82 Å². The van der Waals surface area contributed by atoms with Crippen molar-refractivity contribution in [3.8, 4) is 0 Å². The second-order valence-corrected chi connectivity index (χ2v) is 1.46. The van der Waals surface area contributed by atoms with Gasteiger partial charge >= 0.3 is 0 Å². The molecule has 1 radical (unpaired) electrons. The highest BCUT2D eigenvalue weighted by Crippen LogP contribution is 1.93. The number of nitrogens with zero attached hydrogens (tertiary/aromatic N) is 2. The molecule has 1 heterocycles. The maximum atomic E-state index is 4.58. The summed E-state index contributed by atoms with van der Waals surface area (Å²) in [5.74, 6) is 1.11. The van der Waals surface area contributed by atoms with Crippen LogP contribution < -0.4 is 0 Å². The van der Waals surface area contributed by atoms with E-state index < -0.39 is 0 Å². The Kier molecular flexibility index (Phi) is 1.28. The fourth-order valence-electron chi connectivity index (χ4n) is 0.434. The fraction of sp³-hybridized carbons (Fsp3) is 0.400. The van der Waals surface area contributed by atoms with Crippen LogP contribution in [0.5, 0.6) is 0 Å². The SMILES string of the molecule is [CH2]c1nc(CC)no1. The van der Waals surface area contributed by atoms with Crippen molar-refractivity contribution in [3.05, 3.63) is 18.6 Å². The van der Waals surface area contributed by atoms with Crippen molar-refractivity contribution < 1.29 is 4.52 Å². The molecule has 1 rings (SSSR count). The van der Waals surface area contributed by atoms with Crippen LogP contribution in [0.25, 0.3) is 0 Å². The van der Waals surface area contributed by atoms with Crippen molar-refractivity contribution in [1.29, 1.82) is 0 Å².